The van der Waals surface area contributed by atoms with Crippen LogP contribution in [0.5, 0.6) is 5.75 Å². The third-order valence-corrected chi connectivity index (χ3v) is 5.20. The van der Waals surface area contributed by atoms with E-state index in [0.29, 0.717) is 28.2 Å². The number of aryl methyl sites for hydroxylation is 1. The summed E-state index contributed by atoms with van der Waals surface area (Å²) in [6, 6.07) is 16.8. The molecule has 2 amide bonds. The molecule has 4 rings (SSSR count). The molecule has 0 aromatic heterocycles. The number of nitrogens with one attached hydrogen (secondary N) is 2. The first-order valence-corrected chi connectivity index (χ1v) is 10.0. The van der Waals surface area contributed by atoms with Crippen LogP contribution in [0.3, 0.4) is 0 Å². The van der Waals surface area contributed by atoms with Gasteiger partial charge in [0.1, 0.15) is 11.7 Å². The van der Waals surface area contributed by atoms with Crippen LogP contribution in [0.1, 0.15) is 39.9 Å². The van der Waals surface area contributed by atoms with E-state index in [-0.39, 0.29) is 23.3 Å². The Kier molecular flexibility index (Phi) is 5.55. The van der Waals surface area contributed by atoms with E-state index in [1.165, 1.54) is 19.2 Å². The van der Waals surface area contributed by atoms with E-state index in [9.17, 15) is 19.5 Å². The zero-order valence-corrected chi connectivity index (χ0v) is 17.5. The van der Waals surface area contributed by atoms with Gasteiger partial charge in [-0.25, -0.2) is 0 Å². The van der Waals surface area contributed by atoms with Crippen molar-refractivity contribution in [2.24, 2.45) is 4.99 Å². The Morgan fingerprint density at radius 2 is 1.84 bits per heavy atom. The second-order valence-electron chi connectivity index (χ2n) is 7.61. The molecule has 1 heterocycles. The topological polar surface area (TPSA) is 108 Å². The molecule has 0 aliphatic carbocycles. The lowest BCUT2D eigenvalue weighted by Gasteiger charge is -2.07. The Labute approximate surface area is 184 Å². The normalized spacial score (nSPS) is 14.8. The minimum atomic E-state index is -0.597. The number of aliphatic imine (C=N–C) groups is 1. The van der Waals surface area contributed by atoms with E-state index >= 15 is 0 Å². The van der Waals surface area contributed by atoms with Crippen molar-refractivity contribution in [3.63, 3.8) is 0 Å². The fraction of sp³-hybridized carbons (Fsp3) is 0.120. The Hall–Kier alpha value is -4.26. The summed E-state index contributed by atoms with van der Waals surface area (Å²) in [6.45, 7) is 3.19. The molecule has 1 unspecified atom stereocenters. The van der Waals surface area contributed by atoms with Gasteiger partial charge in [0.05, 0.1) is 5.69 Å². The molecule has 1 aliphatic heterocycles. The second kappa shape index (κ2) is 8.47. The second-order valence-corrected chi connectivity index (χ2v) is 7.61. The minimum Gasteiger partial charge on any atom is -0.508 e. The van der Waals surface area contributed by atoms with Gasteiger partial charge in [-0.05, 0) is 42.3 Å². The Balaban J connectivity index is 1.58. The van der Waals surface area contributed by atoms with Crippen LogP contribution in [-0.4, -0.2) is 28.9 Å². The highest BCUT2D eigenvalue weighted by molar-refractivity contribution is 6.15. The molecule has 0 saturated heterocycles. The third kappa shape index (κ3) is 4.27. The number of phenolic OH excluding ortho intramolecular Hbond substituents is 1. The Morgan fingerprint density at radius 3 is 2.59 bits per heavy atom. The van der Waals surface area contributed by atoms with E-state index in [1.807, 2.05) is 0 Å². The number of ketones is 1. The van der Waals surface area contributed by atoms with E-state index < -0.39 is 5.92 Å². The van der Waals surface area contributed by atoms with Crippen molar-refractivity contribution in [1.82, 2.24) is 0 Å². The van der Waals surface area contributed by atoms with Crippen LogP contribution in [0.25, 0.3) is 0 Å². The summed E-state index contributed by atoms with van der Waals surface area (Å²) in [5.41, 5.74) is 3.95. The fourth-order valence-electron chi connectivity index (χ4n) is 3.52. The average Bonchev–Trinajstić information content (AvgIpc) is 3.08. The van der Waals surface area contributed by atoms with Crippen molar-refractivity contribution in [2.45, 2.75) is 19.8 Å². The van der Waals surface area contributed by atoms with Gasteiger partial charge in [-0.15, -0.1) is 0 Å². The number of amides is 2. The maximum atomic E-state index is 12.9. The van der Waals surface area contributed by atoms with Gasteiger partial charge in [0, 0.05) is 41.7 Å². The molecule has 3 aromatic rings. The number of hydrogen-bond donors (Lipinski definition) is 3. The van der Waals surface area contributed by atoms with E-state index in [2.05, 4.69) is 15.6 Å². The predicted octanol–water partition coefficient (Wildman–Crippen LogP) is 4.33. The molecular formula is C25H21N3O4. The highest BCUT2D eigenvalue weighted by atomic mass is 16.3. The molecular weight excluding hydrogens is 406 g/mol. The summed E-state index contributed by atoms with van der Waals surface area (Å²) >= 11 is 0. The zero-order chi connectivity index (χ0) is 22.8. The minimum absolute atomic E-state index is 0.140. The number of carbonyl (C=O) groups excluding carboxylic acids is 3. The van der Waals surface area contributed by atoms with Gasteiger partial charge < -0.3 is 15.7 Å². The van der Waals surface area contributed by atoms with Crippen LogP contribution in [0, 0.1) is 6.92 Å². The van der Waals surface area contributed by atoms with E-state index in [4.69, 9.17) is 0 Å². The summed E-state index contributed by atoms with van der Waals surface area (Å²) in [7, 11) is 0. The van der Waals surface area contributed by atoms with Crippen molar-refractivity contribution in [1.29, 1.82) is 0 Å². The molecule has 1 aliphatic rings. The van der Waals surface area contributed by atoms with Crippen LogP contribution in [0.15, 0.2) is 65.7 Å². The fourth-order valence-corrected chi connectivity index (χ4v) is 3.52. The molecule has 7 heteroatoms. The van der Waals surface area contributed by atoms with Crippen LogP contribution in [0.2, 0.25) is 0 Å². The number of benzene rings is 3. The van der Waals surface area contributed by atoms with Crippen molar-refractivity contribution >= 4 is 40.9 Å². The van der Waals surface area contributed by atoms with Gasteiger partial charge in [0.15, 0.2) is 5.78 Å². The van der Waals surface area contributed by atoms with E-state index in [0.717, 1.165) is 11.1 Å². The molecule has 0 fully saturated rings. The van der Waals surface area contributed by atoms with Crippen LogP contribution < -0.4 is 10.6 Å². The van der Waals surface area contributed by atoms with Gasteiger partial charge in [-0.1, -0.05) is 30.3 Å². The van der Waals surface area contributed by atoms with Crippen LogP contribution in [0.4, 0.5) is 17.1 Å². The van der Waals surface area contributed by atoms with Crippen molar-refractivity contribution < 1.29 is 19.5 Å². The Morgan fingerprint density at radius 1 is 1.06 bits per heavy atom. The summed E-state index contributed by atoms with van der Waals surface area (Å²) in [5.74, 6) is -1.13. The number of rotatable bonds is 5. The summed E-state index contributed by atoms with van der Waals surface area (Å²) in [5, 5.41) is 15.3. The molecule has 1 atom stereocenters. The lowest BCUT2D eigenvalue weighted by Crippen LogP contribution is -2.12. The van der Waals surface area contributed by atoms with Gasteiger partial charge in [0.25, 0.3) is 0 Å². The number of carbonyl (C=O) groups is 3. The number of hydrogen-bond acceptors (Lipinski definition) is 5. The number of phenols is 1. The lowest BCUT2D eigenvalue weighted by molar-refractivity contribution is -0.116. The molecule has 32 heavy (non-hydrogen) atoms. The molecule has 3 N–H and O–H groups in total. The lowest BCUT2D eigenvalue weighted by atomic mass is 9.97. The Bertz CT molecular complexity index is 1280. The highest BCUT2D eigenvalue weighted by Crippen LogP contribution is 2.33. The maximum absolute atomic E-state index is 12.9. The molecule has 3 aromatic carbocycles. The number of nitrogens with zero attached hydrogens (tertiary/aromatic N) is 1. The summed E-state index contributed by atoms with van der Waals surface area (Å²) < 4.78 is 0. The number of fused-ring (bicyclic) bond motifs is 1. The van der Waals surface area contributed by atoms with Gasteiger partial charge >= 0.3 is 0 Å². The van der Waals surface area contributed by atoms with Crippen molar-refractivity contribution in [2.75, 3.05) is 10.6 Å². The van der Waals surface area contributed by atoms with E-state index in [1.54, 1.807) is 61.5 Å². The van der Waals surface area contributed by atoms with Crippen molar-refractivity contribution in [3.8, 4) is 5.75 Å². The van der Waals surface area contributed by atoms with Gasteiger partial charge in [-0.2, -0.15) is 0 Å². The summed E-state index contributed by atoms with van der Waals surface area (Å²) in [6.07, 6.45) is 1.53. The quantitative estimate of drug-likeness (QED) is 0.416. The molecule has 0 saturated carbocycles. The van der Waals surface area contributed by atoms with Gasteiger partial charge in [-0.3, -0.25) is 19.4 Å². The first-order valence-electron chi connectivity index (χ1n) is 10.0. The molecule has 0 spiro atoms. The van der Waals surface area contributed by atoms with Crippen LogP contribution in [-0.2, 0) is 9.59 Å². The van der Waals surface area contributed by atoms with Crippen LogP contribution >= 0.6 is 0 Å². The molecule has 160 valence electrons. The third-order valence-electron chi connectivity index (χ3n) is 5.20. The molecule has 0 bridgehead atoms. The predicted molar refractivity (Wildman–Crippen MR) is 123 cm³/mol. The highest BCUT2D eigenvalue weighted by Gasteiger charge is 2.30. The largest absolute Gasteiger partial charge is 0.508 e. The smallest absolute Gasteiger partial charge is 0.237 e. The maximum Gasteiger partial charge on any atom is 0.237 e. The summed E-state index contributed by atoms with van der Waals surface area (Å²) in [4.78, 5) is 41.0. The molecule has 7 nitrogen and oxygen atoms in total. The SMILES string of the molecule is CC(=O)Nc1cccc(C(=O)c2ccc3c(c2)NC(=O)C3C=Nc2ccc(C)c(O)c2)c1. The van der Waals surface area contributed by atoms with Crippen molar-refractivity contribution in [3.05, 3.63) is 82.9 Å². The first-order chi connectivity index (χ1) is 15.3. The van der Waals surface area contributed by atoms with Gasteiger partial charge in [0.2, 0.25) is 11.8 Å². The number of aromatic hydroxyl groups is 1. The number of anilines is 2. The standard InChI is InChI=1S/C25H21N3O4/c1-14-6-8-18(12-23(14)30)26-13-21-20-9-7-17(11-22(20)28-25(21)32)24(31)16-4-3-5-19(10-16)27-15(2)29/h3-13,21,30H,1-2H3,(H,27,29)(H,28,32). The zero-order valence-electron chi connectivity index (χ0n) is 17.5. The average molecular weight is 427 g/mol. The first kappa shape index (κ1) is 21.0. The molecule has 0 radical (unpaired) electrons. The monoisotopic (exact) mass is 427 g/mol.